The van der Waals surface area contributed by atoms with Crippen molar-refractivity contribution in [1.82, 2.24) is 4.98 Å². The van der Waals surface area contributed by atoms with E-state index in [9.17, 15) is 9.59 Å². The van der Waals surface area contributed by atoms with Gasteiger partial charge >= 0.3 is 11.6 Å². The first kappa shape index (κ1) is 12.3. The van der Waals surface area contributed by atoms with Crippen LogP contribution >= 0.6 is 11.6 Å². The van der Waals surface area contributed by atoms with Gasteiger partial charge in [-0.25, -0.2) is 14.6 Å². The van der Waals surface area contributed by atoms with E-state index < -0.39 is 11.6 Å². The van der Waals surface area contributed by atoms with Crippen LogP contribution in [0.1, 0.15) is 11.5 Å². The van der Waals surface area contributed by atoms with Crippen molar-refractivity contribution in [3.63, 3.8) is 0 Å². The van der Waals surface area contributed by atoms with Gasteiger partial charge in [0.2, 0.25) is 5.89 Å². The fourth-order valence-corrected chi connectivity index (χ4v) is 1.81. The second-order valence-electron chi connectivity index (χ2n) is 3.63. The number of aryl methyl sites for hydroxylation is 1. The summed E-state index contributed by atoms with van der Waals surface area (Å²) in [4.78, 5) is 26.2. The number of hydrogen-bond donors (Lipinski definition) is 1. The number of nitrogens with zero attached hydrogens (tertiary/aromatic N) is 1. The summed E-state index contributed by atoms with van der Waals surface area (Å²) in [5.41, 5.74) is 0.562. The Morgan fingerprint density at radius 3 is 2.89 bits per heavy atom. The molecule has 18 heavy (non-hydrogen) atoms. The molecular formula is C12H8ClNO4. The fraction of sp³-hybridized carbons (Fsp3) is 0.0833. The quantitative estimate of drug-likeness (QED) is 0.842. The Labute approximate surface area is 106 Å². The highest BCUT2D eigenvalue weighted by atomic mass is 35.5. The first-order chi connectivity index (χ1) is 8.47. The molecule has 0 unspecified atom stereocenters. The van der Waals surface area contributed by atoms with Gasteiger partial charge in [-0.05, 0) is 24.6 Å². The minimum Gasteiger partial charge on any atom is -0.478 e. The molecule has 0 aliphatic carbocycles. The molecule has 0 bridgehead atoms. The van der Waals surface area contributed by atoms with Crippen LogP contribution in [0.25, 0.3) is 17.0 Å². The average Bonchev–Trinajstić information content (AvgIpc) is 2.28. The van der Waals surface area contributed by atoms with Crippen molar-refractivity contribution in [2.75, 3.05) is 0 Å². The van der Waals surface area contributed by atoms with E-state index >= 15 is 0 Å². The number of benzene rings is 1. The van der Waals surface area contributed by atoms with Gasteiger partial charge in [0, 0.05) is 17.2 Å². The van der Waals surface area contributed by atoms with E-state index in [1.807, 2.05) is 0 Å². The van der Waals surface area contributed by atoms with Crippen LogP contribution in [0.5, 0.6) is 0 Å². The number of carbonyl (C=O) groups is 1. The Kier molecular flexibility index (Phi) is 3.16. The second-order valence-corrected chi connectivity index (χ2v) is 4.07. The lowest BCUT2D eigenvalue weighted by Gasteiger charge is -2.01. The van der Waals surface area contributed by atoms with Gasteiger partial charge in [-0.2, -0.15) is 0 Å². The van der Waals surface area contributed by atoms with Crippen molar-refractivity contribution in [3.05, 3.63) is 45.1 Å². The number of halogens is 1. The Balaban J connectivity index is 2.69. The smallest absolute Gasteiger partial charge is 0.347 e. The van der Waals surface area contributed by atoms with Gasteiger partial charge in [0.15, 0.2) is 0 Å². The average molecular weight is 266 g/mol. The lowest BCUT2D eigenvalue weighted by Crippen LogP contribution is -2.04. The maximum Gasteiger partial charge on any atom is 0.347 e. The van der Waals surface area contributed by atoms with E-state index in [0.717, 1.165) is 17.7 Å². The molecule has 1 N–H and O–H groups in total. The zero-order valence-corrected chi connectivity index (χ0v) is 10.1. The van der Waals surface area contributed by atoms with Crippen molar-refractivity contribution in [1.29, 1.82) is 0 Å². The first-order valence-electron chi connectivity index (χ1n) is 4.99. The lowest BCUT2D eigenvalue weighted by atomic mass is 10.1. The topological polar surface area (TPSA) is 80.4 Å². The summed E-state index contributed by atoms with van der Waals surface area (Å²) < 4.78 is 4.88. The molecule has 0 fully saturated rings. The van der Waals surface area contributed by atoms with Crippen molar-refractivity contribution in [3.8, 4) is 0 Å². The van der Waals surface area contributed by atoms with Crippen LogP contribution in [0.4, 0.5) is 0 Å². The van der Waals surface area contributed by atoms with Crippen LogP contribution in [-0.2, 0) is 4.79 Å². The summed E-state index contributed by atoms with van der Waals surface area (Å²) in [7, 11) is 0. The molecule has 1 aromatic carbocycles. The highest BCUT2D eigenvalue weighted by Gasteiger charge is 2.08. The predicted octanol–water partition coefficient (Wildman–Crippen LogP) is 2.25. The zero-order chi connectivity index (χ0) is 13.3. The number of hydrogen-bond acceptors (Lipinski definition) is 4. The maximum atomic E-state index is 11.7. The van der Waals surface area contributed by atoms with Gasteiger partial charge in [0.25, 0.3) is 0 Å². The highest BCUT2D eigenvalue weighted by molar-refractivity contribution is 6.31. The monoisotopic (exact) mass is 265 g/mol. The summed E-state index contributed by atoms with van der Waals surface area (Å²) in [6.45, 7) is 1.76. The summed E-state index contributed by atoms with van der Waals surface area (Å²) in [6, 6.07) is 3.13. The van der Waals surface area contributed by atoms with Crippen molar-refractivity contribution >= 4 is 34.5 Å². The lowest BCUT2D eigenvalue weighted by molar-refractivity contribution is -0.131. The van der Waals surface area contributed by atoms with E-state index in [-0.39, 0.29) is 11.3 Å². The predicted molar refractivity (Wildman–Crippen MR) is 66.7 cm³/mol. The number of carboxylic acid groups (broad SMARTS) is 1. The fourth-order valence-electron chi connectivity index (χ4n) is 1.54. The van der Waals surface area contributed by atoms with Gasteiger partial charge in [-0.15, -0.1) is 0 Å². The van der Waals surface area contributed by atoms with Crippen molar-refractivity contribution in [2.45, 2.75) is 6.92 Å². The number of rotatable bonds is 2. The molecule has 0 saturated carbocycles. The van der Waals surface area contributed by atoms with Gasteiger partial charge in [-0.3, -0.25) is 0 Å². The third-order valence-corrected chi connectivity index (χ3v) is 2.49. The molecule has 5 nitrogen and oxygen atoms in total. The number of aromatic nitrogens is 1. The Morgan fingerprint density at radius 1 is 1.50 bits per heavy atom. The van der Waals surface area contributed by atoms with E-state index in [1.54, 1.807) is 13.0 Å². The zero-order valence-electron chi connectivity index (χ0n) is 9.31. The van der Waals surface area contributed by atoms with Crippen LogP contribution in [0.3, 0.4) is 0 Å². The standard InChI is InChI=1S/C12H8ClNO4/c1-6-4-7(13)5-8-11(6)14-9(18-12(8)17)2-3-10(15)16/h2-5H,1H3,(H,15,16)/b3-2-. The van der Waals surface area contributed by atoms with Gasteiger partial charge in [0.1, 0.15) is 0 Å². The molecule has 0 aliphatic rings. The third kappa shape index (κ3) is 2.41. The number of fused-ring (bicyclic) bond motifs is 1. The maximum absolute atomic E-state index is 11.7. The number of aliphatic carboxylic acids is 1. The van der Waals surface area contributed by atoms with Gasteiger partial charge in [-0.1, -0.05) is 11.6 Å². The summed E-state index contributed by atoms with van der Waals surface area (Å²) in [5, 5.41) is 9.19. The molecule has 0 radical (unpaired) electrons. The molecule has 2 aromatic rings. The van der Waals surface area contributed by atoms with E-state index in [4.69, 9.17) is 21.1 Å². The normalized spacial score (nSPS) is 11.2. The highest BCUT2D eigenvalue weighted by Crippen LogP contribution is 2.20. The largest absolute Gasteiger partial charge is 0.478 e. The molecule has 0 atom stereocenters. The van der Waals surface area contributed by atoms with Crippen molar-refractivity contribution < 1.29 is 14.3 Å². The minimum atomic E-state index is -1.15. The summed E-state index contributed by atoms with van der Waals surface area (Å²) in [5.74, 6) is -1.20. The van der Waals surface area contributed by atoms with Crippen LogP contribution < -0.4 is 5.63 Å². The van der Waals surface area contributed by atoms with E-state index in [1.165, 1.54) is 6.07 Å². The molecule has 1 aromatic heterocycles. The molecule has 0 spiro atoms. The summed E-state index contributed by atoms with van der Waals surface area (Å²) >= 11 is 5.84. The molecular weight excluding hydrogens is 258 g/mol. The summed E-state index contributed by atoms with van der Waals surface area (Å²) in [6.07, 6.45) is 1.97. The van der Waals surface area contributed by atoms with Crippen molar-refractivity contribution in [2.24, 2.45) is 0 Å². The van der Waals surface area contributed by atoms with E-state index in [0.29, 0.717) is 10.5 Å². The molecule has 6 heteroatoms. The van der Waals surface area contributed by atoms with Crippen LogP contribution in [0.2, 0.25) is 5.02 Å². The van der Waals surface area contributed by atoms with Crippen LogP contribution in [0, 0.1) is 6.92 Å². The van der Waals surface area contributed by atoms with Crippen LogP contribution in [0.15, 0.2) is 27.4 Å². The Hall–Kier alpha value is -2.14. The van der Waals surface area contributed by atoms with E-state index in [2.05, 4.69) is 4.98 Å². The molecule has 0 saturated heterocycles. The molecule has 0 aliphatic heterocycles. The Bertz CT molecular complexity index is 718. The van der Waals surface area contributed by atoms with Crippen LogP contribution in [-0.4, -0.2) is 16.1 Å². The molecule has 1 heterocycles. The molecule has 92 valence electrons. The van der Waals surface area contributed by atoms with Gasteiger partial charge < -0.3 is 9.52 Å². The molecule has 2 rings (SSSR count). The Morgan fingerprint density at radius 2 is 2.22 bits per heavy atom. The number of carboxylic acids is 1. The third-order valence-electron chi connectivity index (χ3n) is 2.27. The van der Waals surface area contributed by atoms with Gasteiger partial charge in [0.05, 0.1) is 10.9 Å². The first-order valence-corrected chi connectivity index (χ1v) is 5.37. The minimum absolute atomic E-state index is 0.0553. The second kappa shape index (κ2) is 4.62. The molecule has 0 amide bonds. The SMILES string of the molecule is Cc1cc(Cl)cc2c(=O)oc(/C=C\C(=O)O)nc12.